The molecule has 1 aliphatic carbocycles. The van der Waals surface area contributed by atoms with Crippen LogP contribution in [-0.4, -0.2) is 32.1 Å². The molecular weight excluding hydrogens is 400 g/mol. The smallest absolute Gasteiger partial charge is 0.203 e. The molecule has 160 valence electrons. The van der Waals surface area contributed by atoms with Crippen LogP contribution in [0, 0.1) is 0 Å². The number of hydrogen-bond acceptors (Lipinski definition) is 4. The summed E-state index contributed by atoms with van der Waals surface area (Å²) in [7, 11) is 0. The summed E-state index contributed by atoms with van der Waals surface area (Å²) >= 11 is 0. The molecule has 32 heavy (non-hydrogen) atoms. The SMILES string of the molecule is O=C([O-])Cc1ccccc1-c1c2ccc(=[N+]3CCC3)cc-2oc2cc(N3CCC3)ccc12. The summed E-state index contributed by atoms with van der Waals surface area (Å²) in [6.45, 7) is 4.28. The predicted octanol–water partition coefficient (Wildman–Crippen LogP) is 2.88. The monoisotopic (exact) mass is 424 g/mol. The normalized spacial score (nSPS) is 15.6. The van der Waals surface area contributed by atoms with Crippen molar-refractivity contribution >= 4 is 22.6 Å². The maximum absolute atomic E-state index is 11.5. The molecule has 2 fully saturated rings. The topological polar surface area (TPSA) is 59.5 Å². The Kier molecular flexibility index (Phi) is 4.49. The third-order valence-electron chi connectivity index (χ3n) is 6.75. The van der Waals surface area contributed by atoms with Crippen LogP contribution in [0.25, 0.3) is 33.4 Å². The van der Waals surface area contributed by atoms with Crippen LogP contribution in [0.4, 0.5) is 5.69 Å². The number of carboxylic acids is 1. The van der Waals surface area contributed by atoms with Gasteiger partial charge in [0.2, 0.25) is 5.36 Å². The van der Waals surface area contributed by atoms with Crippen LogP contribution in [0.3, 0.4) is 0 Å². The fourth-order valence-corrected chi connectivity index (χ4v) is 4.77. The van der Waals surface area contributed by atoms with E-state index in [4.69, 9.17) is 4.42 Å². The molecule has 5 heteroatoms. The quantitative estimate of drug-likeness (QED) is 0.373. The van der Waals surface area contributed by atoms with E-state index < -0.39 is 5.97 Å². The van der Waals surface area contributed by atoms with Crippen molar-refractivity contribution in [2.75, 3.05) is 31.1 Å². The van der Waals surface area contributed by atoms with E-state index in [1.807, 2.05) is 24.3 Å². The molecule has 2 aromatic carbocycles. The fraction of sp³-hybridized carbons (Fsp3) is 0.259. The van der Waals surface area contributed by atoms with Crippen LogP contribution in [0.2, 0.25) is 0 Å². The lowest BCUT2D eigenvalue weighted by atomic mass is 9.89. The first kappa shape index (κ1) is 19.1. The van der Waals surface area contributed by atoms with Crippen molar-refractivity contribution in [1.82, 2.24) is 4.58 Å². The number of carbonyl (C=O) groups excluding carboxylic acids is 1. The van der Waals surface area contributed by atoms with Crippen LogP contribution >= 0.6 is 0 Å². The zero-order valence-electron chi connectivity index (χ0n) is 17.8. The molecule has 0 spiro atoms. The van der Waals surface area contributed by atoms with Crippen LogP contribution in [-0.2, 0) is 11.2 Å². The highest BCUT2D eigenvalue weighted by atomic mass is 16.4. The van der Waals surface area contributed by atoms with Crippen LogP contribution < -0.4 is 19.9 Å². The molecule has 6 rings (SSSR count). The van der Waals surface area contributed by atoms with Crippen LogP contribution in [0.15, 0.2) is 65.1 Å². The minimum atomic E-state index is -1.08. The summed E-state index contributed by atoms with van der Waals surface area (Å²) in [5.74, 6) is -0.257. The largest absolute Gasteiger partial charge is 0.550 e. The van der Waals surface area contributed by atoms with Crippen LogP contribution in [0.1, 0.15) is 18.4 Å². The highest BCUT2D eigenvalue weighted by Gasteiger charge is 2.23. The third-order valence-corrected chi connectivity index (χ3v) is 6.75. The maximum atomic E-state index is 11.5. The molecule has 0 atom stereocenters. The molecule has 2 saturated heterocycles. The summed E-state index contributed by atoms with van der Waals surface area (Å²) in [6.07, 6.45) is 2.31. The van der Waals surface area contributed by atoms with E-state index in [2.05, 4.69) is 45.9 Å². The first-order valence-corrected chi connectivity index (χ1v) is 11.3. The molecular formula is C27H24N2O3. The number of nitrogens with zero attached hydrogens (tertiary/aromatic N) is 2. The van der Waals surface area contributed by atoms with Gasteiger partial charge in [0.15, 0.2) is 0 Å². The zero-order valence-corrected chi connectivity index (χ0v) is 17.8. The van der Waals surface area contributed by atoms with Gasteiger partial charge in [-0.3, -0.25) is 0 Å². The number of fused-ring (bicyclic) bond motifs is 2. The van der Waals surface area contributed by atoms with Crippen molar-refractivity contribution in [3.63, 3.8) is 0 Å². The first-order chi connectivity index (χ1) is 15.7. The summed E-state index contributed by atoms with van der Waals surface area (Å²) in [5, 5.41) is 13.6. The summed E-state index contributed by atoms with van der Waals surface area (Å²) in [4.78, 5) is 13.8. The molecule has 3 heterocycles. The Hall–Kier alpha value is -3.60. The Bertz CT molecular complexity index is 1390. The number of rotatable bonds is 4. The molecule has 4 aliphatic rings. The third kappa shape index (κ3) is 3.16. The van der Waals surface area contributed by atoms with Crippen molar-refractivity contribution in [2.45, 2.75) is 19.3 Å². The van der Waals surface area contributed by atoms with Crippen LogP contribution in [0.5, 0.6) is 0 Å². The highest BCUT2D eigenvalue weighted by Crippen LogP contribution is 2.42. The van der Waals surface area contributed by atoms with E-state index in [1.54, 1.807) is 0 Å². The van der Waals surface area contributed by atoms with E-state index in [9.17, 15) is 9.90 Å². The molecule has 3 aliphatic heterocycles. The average molecular weight is 425 g/mol. The number of aliphatic carboxylic acids is 1. The van der Waals surface area contributed by atoms with Crippen molar-refractivity contribution in [1.29, 1.82) is 0 Å². The van der Waals surface area contributed by atoms with Gasteiger partial charge in [0.1, 0.15) is 24.4 Å². The van der Waals surface area contributed by atoms with Gasteiger partial charge in [0.25, 0.3) is 0 Å². The first-order valence-electron chi connectivity index (χ1n) is 11.3. The van der Waals surface area contributed by atoms with Gasteiger partial charge in [-0.05, 0) is 35.7 Å². The van der Waals surface area contributed by atoms with Gasteiger partial charge >= 0.3 is 0 Å². The second-order valence-corrected chi connectivity index (χ2v) is 8.73. The lowest BCUT2D eigenvalue weighted by Gasteiger charge is -2.33. The predicted molar refractivity (Wildman–Crippen MR) is 123 cm³/mol. The van der Waals surface area contributed by atoms with Gasteiger partial charge in [-0.25, -0.2) is 4.58 Å². The molecule has 0 unspecified atom stereocenters. The van der Waals surface area contributed by atoms with E-state index in [-0.39, 0.29) is 6.42 Å². The van der Waals surface area contributed by atoms with Gasteiger partial charge in [-0.15, -0.1) is 0 Å². The van der Waals surface area contributed by atoms with E-state index in [0.717, 1.165) is 65.2 Å². The molecule has 2 aromatic rings. The molecule has 0 amide bonds. The van der Waals surface area contributed by atoms with E-state index in [1.165, 1.54) is 23.9 Å². The van der Waals surface area contributed by atoms with Crippen molar-refractivity contribution in [3.05, 3.63) is 71.6 Å². The minimum absolute atomic E-state index is 0.122. The summed E-state index contributed by atoms with van der Waals surface area (Å²) in [5.41, 5.74) is 5.66. The second-order valence-electron chi connectivity index (χ2n) is 8.73. The highest BCUT2D eigenvalue weighted by molar-refractivity contribution is 6.03. The van der Waals surface area contributed by atoms with Crippen molar-refractivity contribution in [3.8, 4) is 22.5 Å². The number of benzene rings is 3. The summed E-state index contributed by atoms with van der Waals surface area (Å²) in [6, 6.07) is 20.5. The number of carbonyl (C=O) groups is 1. The zero-order chi connectivity index (χ0) is 21.7. The summed E-state index contributed by atoms with van der Waals surface area (Å²) < 4.78 is 8.81. The number of anilines is 1. The van der Waals surface area contributed by atoms with E-state index in [0.29, 0.717) is 0 Å². The Morgan fingerprint density at radius 2 is 1.81 bits per heavy atom. The Morgan fingerprint density at radius 1 is 0.969 bits per heavy atom. The van der Waals surface area contributed by atoms with Gasteiger partial charge in [-0.1, -0.05) is 24.3 Å². The van der Waals surface area contributed by atoms with Crippen molar-refractivity contribution in [2.24, 2.45) is 0 Å². The maximum Gasteiger partial charge on any atom is 0.203 e. The molecule has 0 saturated carbocycles. The number of hydrogen-bond donors (Lipinski definition) is 0. The van der Waals surface area contributed by atoms with E-state index >= 15 is 0 Å². The lowest BCUT2D eigenvalue weighted by Crippen LogP contribution is -2.40. The Morgan fingerprint density at radius 3 is 2.53 bits per heavy atom. The second kappa shape index (κ2) is 7.52. The lowest BCUT2D eigenvalue weighted by molar-refractivity contribution is -0.304. The molecule has 0 aromatic heterocycles. The Balaban J connectivity index is 1.65. The van der Waals surface area contributed by atoms with Gasteiger partial charge < -0.3 is 19.2 Å². The minimum Gasteiger partial charge on any atom is -0.550 e. The molecule has 0 radical (unpaired) electrons. The van der Waals surface area contributed by atoms with Gasteiger partial charge in [0.05, 0.1) is 12.5 Å². The average Bonchev–Trinajstić information content (AvgIpc) is 2.69. The van der Waals surface area contributed by atoms with Crippen molar-refractivity contribution < 1.29 is 14.3 Å². The molecule has 0 bridgehead atoms. The van der Waals surface area contributed by atoms with Gasteiger partial charge in [-0.2, -0.15) is 0 Å². The van der Waals surface area contributed by atoms with Gasteiger partial charge in [0, 0.05) is 59.8 Å². The number of carboxylic acid groups (broad SMARTS) is 1. The molecule has 5 nitrogen and oxygen atoms in total. The fourth-order valence-electron chi connectivity index (χ4n) is 4.77. The molecule has 0 N–H and O–H groups in total. The Labute approximate surface area is 186 Å². The standard InChI is InChI=1S/C27H24N2O3/c30-26(31)15-18-5-1-2-6-21(18)27-22-9-7-19(28-11-3-12-28)16-24(22)32-25-17-20(8-10-23(25)27)29-13-4-14-29/h1-2,5-10,16-17H,3-4,11-15H2.